The van der Waals surface area contributed by atoms with Gasteiger partial charge in [-0.2, -0.15) is 11.3 Å². The fourth-order valence-corrected chi connectivity index (χ4v) is 4.18. The highest BCUT2D eigenvalue weighted by molar-refractivity contribution is 7.07. The molecule has 2 aliphatic rings. The highest BCUT2D eigenvalue weighted by Gasteiger charge is 2.49. The maximum Gasteiger partial charge on any atom is 0.282 e. The van der Waals surface area contributed by atoms with Crippen LogP contribution in [0.5, 0.6) is 0 Å². The zero-order chi connectivity index (χ0) is 16.9. The van der Waals surface area contributed by atoms with Gasteiger partial charge in [0.05, 0.1) is 36.7 Å². The van der Waals surface area contributed by atoms with E-state index in [1.165, 1.54) is 10.5 Å². The number of nitrogens with zero attached hydrogens (tertiary/aromatic N) is 4. The average molecular weight is 352 g/mol. The number of halogens is 2. The summed E-state index contributed by atoms with van der Waals surface area (Å²) in [7, 11) is 1.85. The second-order valence-electron chi connectivity index (χ2n) is 6.59. The Kier molecular flexibility index (Phi) is 3.69. The number of carbonyl (C=O) groups is 1. The molecule has 5 nitrogen and oxygen atoms in total. The van der Waals surface area contributed by atoms with Gasteiger partial charge in [-0.25, -0.2) is 13.8 Å². The molecule has 1 amide bonds. The van der Waals surface area contributed by atoms with Crippen molar-refractivity contribution >= 4 is 17.2 Å². The molecule has 1 fully saturated rings. The Balaban J connectivity index is 1.57. The predicted octanol–water partition coefficient (Wildman–Crippen LogP) is 2.06. The quantitative estimate of drug-likeness (QED) is 0.849. The lowest BCUT2D eigenvalue weighted by molar-refractivity contribution is -0.168. The number of imidazole rings is 1. The van der Waals surface area contributed by atoms with Crippen LogP contribution in [-0.4, -0.2) is 50.8 Å². The molecule has 128 valence electrons. The van der Waals surface area contributed by atoms with E-state index in [2.05, 4.69) is 21.3 Å². The van der Waals surface area contributed by atoms with Crippen LogP contribution in [0.4, 0.5) is 8.78 Å². The molecule has 1 atom stereocenters. The number of fused-ring (bicyclic) bond motifs is 1. The number of hydrogen-bond donors (Lipinski definition) is 0. The zero-order valence-corrected chi connectivity index (χ0v) is 14.1. The number of likely N-dealkylation sites (tertiary alicyclic amines) is 1. The summed E-state index contributed by atoms with van der Waals surface area (Å²) in [5.74, 6) is -3.40. The van der Waals surface area contributed by atoms with E-state index < -0.39 is 24.9 Å². The molecule has 1 unspecified atom stereocenters. The van der Waals surface area contributed by atoms with Gasteiger partial charge < -0.3 is 9.47 Å². The minimum atomic E-state index is -2.74. The van der Waals surface area contributed by atoms with Crippen molar-refractivity contribution in [2.45, 2.75) is 24.9 Å². The first kappa shape index (κ1) is 15.7. The van der Waals surface area contributed by atoms with E-state index in [1.54, 1.807) is 17.7 Å². The van der Waals surface area contributed by atoms with Gasteiger partial charge in [0, 0.05) is 26.7 Å². The van der Waals surface area contributed by atoms with E-state index in [-0.39, 0.29) is 5.91 Å². The molecule has 0 saturated carbocycles. The maximum atomic E-state index is 13.1. The molecule has 4 heterocycles. The number of aryl methyl sites for hydroxylation is 1. The van der Waals surface area contributed by atoms with Gasteiger partial charge in [0.2, 0.25) is 5.91 Å². The van der Waals surface area contributed by atoms with Crippen molar-refractivity contribution in [3.05, 3.63) is 40.1 Å². The molecule has 24 heavy (non-hydrogen) atoms. The number of thiophene rings is 1. The third-order valence-electron chi connectivity index (χ3n) is 4.65. The highest BCUT2D eigenvalue weighted by Crippen LogP contribution is 2.34. The molecule has 0 N–H and O–H groups in total. The number of amides is 1. The number of rotatable bonds is 3. The Morgan fingerprint density at radius 2 is 2.25 bits per heavy atom. The Morgan fingerprint density at radius 1 is 1.46 bits per heavy atom. The lowest BCUT2D eigenvalue weighted by atomic mass is 9.94. The molecule has 0 aliphatic carbocycles. The number of carbonyl (C=O) groups excluding carboxylic acids is 1. The van der Waals surface area contributed by atoms with Crippen molar-refractivity contribution in [1.29, 1.82) is 0 Å². The molecule has 4 rings (SSSR count). The summed E-state index contributed by atoms with van der Waals surface area (Å²) in [5.41, 5.74) is 2.92. The second-order valence-corrected chi connectivity index (χ2v) is 7.37. The van der Waals surface area contributed by atoms with E-state index in [9.17, 15) is 13.6 Å². The molecule has 0 aromatic carbocycles. The second kappa shape index (κ2) is 5.63. The molecule has 1 saturated heterocycles. The first-order valence-electron chi connectivity index (χ1n) is 7.83. The van der Waals surface area contributed by atoms with Crippen molar-refractivity contribution in [3.8, 4) is 0 Å². The van der Waals surface area contributed by atoms with Crippen LogP contribution >= 0.6 is 11.3 Å². The zero-order valence-electron chi connectivity index (χ0n) is 13.3. The smallest absolute Gasteiger partial charge is 0.282 e. The van der Waals surface area contributed by atoms with Crippen LogP contribution < -0.4 is 0 Å². The van der Waals surface area contributed by atoms with Gasteiger partial charge in [0.15, 0.2) is 0 Å². The molecule has 2 aromatic rings. The minimum Gasteiger partial charge on any atom is -0.337 e. The van der Waals surface area contributed by atoms with Gasteiger partial charge in [-0.3, -0.25) is 9.69 Å². The van der Waals surface area contributed by atoms with E-state index in [0.717, 1.165) is 17.9 Å². The number of aromatic nitrogens is 2. The average Bonchev–Trinajstić information content (AvgIpc) is 3.14. The Bertz CT molecular complexity index is 750. The lowest BCUT2D eigenvalue weighted by Gasteiger charge is -2.42. The molecule has 8 heteroatoms. The Morgan fingerprint density at radius 3 is 2.92 bits per heavy atom. The van der Waals surface area contributed by atoms with Gasteiger partial charge in [-0.05, 0) is 22.4 Å². The molecular formula is C16H18F2N4OS. The van der Waals surface area contributed by atoms with Gasteiger partial charge >= 0.3 is 0 Å². The van der Waals surface area contributed by atoms with E-state index >= 15 is 0 Å². The summed E-state index contributed by atoms with van der Waals surface area (Å²) in [6, 6.07) is 2.06. The van der Waals surface area contributed by atoms with Gasteiger partial charge in [0.25, 0.3) is 5.92 Å². The first-order valence-corrected chi connectivity index (χ1v) is 8.77. The molecule has 2 aromatic heterocycles. The summed E-state index contributed by atoms with van der Waals surface area (Å²) >= 11 is 1.64. The van der Waals surface area contributed by atoms with Crippen LogP contribution in [0.2, 0.25) is 0 Å². The van der Waals surface area contributed by atoms with Crippen molar-refractivity contribution in [1.82, 2.24) is 19.4 Å². The van der Waals surface area contributed by atoms with Gasteiger partial charge in [-0.15, -0.1) is 0 Å². The summed E-state index contributed by atoms with van der Waals surface area (Å²) in [4.78, 5) is 20.6. The van der Waals surface area contributed by atoms with E-state index in [4.69, 9.17) is 0 Å². The Labute approximate surface area is 142 Å². The number of alkyl halides is 2. The topological polar surface area (TPSA) is 41.4 Å². The van der Waals surface area contributed by atoms with Gasteiger partial charge in [-0.1, -0.05) is 0 Å². The molecule has 0 spiro atoms. The predicted molar refractivity (Wildman–Crippen MR) is 85.9 cm³/mol. The van der Waals surface area contributed by atoms with Crippen LogP contribution in [-0.2, 0) is 24.9 Å². The molecule has 0 bridgehead atoms. The third-order valence-corrected chi connectivity index (χ3v) is 5.38. The Hall–Kier alpha value is -1.80. The van der Waals surface area contributed by atoms with Crippen LogP contribution in [0, 0.1) is 0 Å². The largest absolute Gasteiger partial charge is 0.337 e. The first-order chi connectivity index (χ1) is 11.4. The van der Waals surface area contributed by atoms with Gasteiger partial charge in [0.1, 0.15) is 0 Å². The molecular weight excluding hydrogens is 334 g/mol. The van der Waals surface area contributed by atoms with Crippen LogP contribution in [0.25, 0.3) is 0 Å². The van der Waals surface area contributed by atoms with E-state index in [0.29, 0.717) is 13.1 Å². The normalized spacial score (nSPS) is 23.0. The van der Waals surface area contributed by atoms with E-state index in [1.807, 2.05) is 17.0 Å². The summed E-state index contributed by atoms with van der Waals surface area (Å²) < 4.78 is 28.1. The summed E-state index contributed by atoms with van der Waals surface area (Å²) in [6.45, 7) is 0.995. The van der Waals surface area contributed by atoms with Crippen LogP contribution in [0.1, 0.15) is 22.9 Å². The SMILES string of the molecule is Cn1cnc2c1C(C(=O)N1CC(F)(F)C1)CN(Cc1ccsc1)C2. The van der Waals surface area contributed by atoms with Crippen molar-refractivity contribution in [2.75, 3.05) is 19.6 Å². The standard InChI is InChI=1S/C16H18F2N4OS/c1-20-10-19-13-6-21(4-11-2-3-24-7-11)5-12(14(13)20)15(23)22-8-16(17,18)9-22/h2-3,7,10,12H,4-6,8-9H2,1H3. The van der Waals surface area contributed by atoms with Crippen LogP contribution in [0.3, 0.4) is 0 Å². The third kappa shape index (κ3) is 2.73. The highest BCUT2D eigenvalue weighted by atomic mass is 32.1. The minimum absolute atomic E-state index is 0.221. The molecule has 0 radical (unpaired) electrons. The fourth-order valence-electron chi connectivity index (χ4n) is 3.52. The number of hydrogen-bond acceptors (Lipinski definition) is 4. The monoisotopic (exact) mass is 352 g/mol. The fraction of sp³-hybridized carbons (Fsp3) is 0.500. The molecule has 2 aliphatic heterocycles. The summed E-state index contributed by atoms with van der Waals surface area (Å²) in [6.07, 6.45) is 1.70. The maximum absolute atomic E-state index is 13.1. The summed E-state index contributed by atoms with van der Waals surface area (Å²) in [5, 5.41) is 4.11. The van der Waals surface area contributed by atoms with Crippen LogP contribution in [0.15, 0.2) is 23.2 Å². The van der Waals surface area contributed by atoms with Crippen molar-refractivity contribution in [3.63, 3.8) is 0 Å². The van der Waals surface area contributed by atoms with Crippen molar-refractivity contribution < 1.29 is 13.6 Å². The van der Waals surface area contributed by atoms with Crippen molar-refractivity contribution in [2.24, 2.45) is 7.05 Å². The lowest BCUT2D eigenvalue weighted by Crippen LogP contribution is -2.60.